The predicted octanol–water partition coefficient (Wildman–Crippen LogP) is 3.53. The number of hydrazone groups is 1. The summed E-state index contributed by atoms with van der Waals surface area (Å²) in [5.41, 5.74) is 3.25. The summed E-state index contributed by atoms with van der Waals surface area (Å²) >= 11 is 3.31. The molecule has 9 heteroatoms. The maximum Gasteiger partial charge on any atom is 0.252 e. The highest BCUT2D eigenvalue weighted by Gasteiger charge is 2.30. The number of hydrogen-bond acceptors (Lipinski definition) is 6. The number of phenols is 1. The Morgan fingerprint density at radius 2 is 1.77 bits per heavy atom. The summed E-state index contributed by atoms with van der Waals surface area (Å²) in [6.45, 7) is 3.54. The fourth-order valence-corrected chi connectivity index (χ4v) is 3.16. The summed E-state index contributed by atoms with van der Waals surface area (Å²) in [6, 6.07) is 10.0. The van der Waals surface area contributed by atoms with E-state index in [1.54, 1.807) is 57.4 Å². The van der Waals surface area contributed by atoms with Crippen LogP contribution in [-0.4, -0.2) is 37.4 Å². The average molecular weight is 478 g/mol. The van der Waals surface area contributed by atoms with E-state index in [0.29, 0.717) is 21.5 Å². The molecular weight excluding hydrogens is 454 g/mol. The molecule has 1 atom stereocenters. The van der Waals surface area contributed by atoms with Gasteiger partial charge in [0, 0.05) is 15.7 Å². The minimum atomic E-state index is -0.963. The van der Waals surface area contributed by atoms with Gasteiger partial charge in [0.1, 0.15) is 11.7 Å². The zero-order valence-corrected chi connectivity index (χ0v) is 18.7. The normalized spacial score (nSPS) is 11.9. The van der Waals surface area contributed by atoms with Crippen LogP contribution in [0.3, 0.4) is 0 Å². The highest BCUT2D eigenvalue weighted by atomic mass is 79.9. The number of phenolic OH excluding ortho intramolecular Hbond substituents is 1. The van der Waals surface area contributed by atoms with Crippen molar-refractivity contribution < 1.29 is 24.2 Å². The van der Waals surface area contributed by atoms with Gasteiger partial charge in [-0.25, -0.2) is 5.43 Å². The van der Waals surface area contributed by atoms with Gasteiger partial charge in [-0.1, -0.05) is 29.8 Å². The second-order valence-electron chi connectivity index (χ2n) is 6.72. The smallest absolute Gasteiger partial charge is 0.252 e. The van der Waals surface area contributed by atoms with Crippen LogP contribution in [0.25, 0.3) is 0 Å². The number of rotatable bonds is 8. The molecule has 2 aromatic carbocycles. The third kappa shape index (κ3) is 5.96. The topological polar surface area (TPSA) is 109 Å². The summed E-state index contributed by atoms with van der Waals surface area (Å²) in [7, 11) is 2.98. The van der Waals surface area contributed by atoms with Crippen molar-refractivity contribution in [3.8, 4) is 17.2 Å². The molecule has 2 amide bonds. The second-order valence-corrected chi connectivity index (χ2v) is 7.64. The lowest BCUT2D eigenvalue weighted by Gasteiger charge is -2.18. The Balaban J connectivity index is 2.09. The number of aromatic hydroxyl groups is 1. The van der Waals surface area contributed by atoms with Crippen molar-refractivity contribution >= 4 is 39.6 Å². The Morgan fingerprint density at radius 1 is 1.10 bits per heavy atom. The molecule has 160 valence electrons. The van der Waals surface area contributed by atoms with Crippen LogP contribution in [0.2, 0.25) is 0 Å². The van der Waals surface area contributed by atoms with Crippen molar-refractivity contribution in [3.63, 3.8) is 0 Å². The summed E-state index contributed by atoms with van der Waals surface area (Å²) in [6.07, 6.45) is 1.28. The standard InChI is InChI=1S/C21H24BrN3O5/c1-12(2)18(20(27)24-15-5-7-16(29-3)8-6-15)21(28)25-23-11-13-9-14(22)10-17(30-4)19(13)26/h5-12,18,26H,1-4H3,(H,24,27)(H,25,28)/b23-11+. The van der Waals surface area contributed by atoms with Crippen molar-refractivity contribution in [1.82, 2.24) is 5.43 Å². The molecule has 1 unspecified atom stereocenters. The third-order valence-corrected chi connectivity index (χ3v) is 4.71. The molecule has 0 aromatic heterocycles. The van der Waals surface area contributed by atoms with Crippen LogP contribution in [0.15, 0.2) is 46.0 Å². The molecule has 2 aromatic rings. The van der Waals surface area contributed by atoms with Crippen LogP contribution in [0.5, 0.6) is 17.2 Å². The van der Waals surface area contributed by atoms with E-state index in [1.165, 1.54) is 13.3 Å². The minimum Gasteiger partial charge on any atom is -0.504 e. The molecule has 0 heterocycles. The lowest BCUT2D eigenvalue weighted by atomic mass is 9.94. The first-order valence-electron chi connectivity index (χ1n) is 9.11. The van der Waals surface area contributed by atoms with Crippen LogP contribution >= 0.6 is 15.9 Å². The molecule has 0 bridgehead atoms. The van der Waals surface area contributed by atoms with Crippen molar-refractivity contribution in [2.75, 3.05) is 19.5 Å². The first-order chi connectivity index (χ1) is 14.3. The predicted molar refractivity (Wildman–Crippen MR) is 118 cm³/mol. The molecule has 0 aliphatic heterocycles. The van der Waals surface area contributed by atoms with E-state index in [1.807, 2.05) is 0 Å². The number of benzene rings is 2. The van der Waals surface area contributed by atoms with Crippen LogP contribution in [0.1, 0.15) is 19.4 Å². The molecule has 30 heavy (non-hydrogen) atoms. The van der Waals surface area contributed by atoms with E-state index in [2.05, 4.69) is 31.8 Å². The Labute approximate surface area is 183 Å². The van der Waals surface area contributed by atoms with E-state index in [-0.39, 0.29) is 17.4 Å². The molecule has 0 aliphatic carbocycles. The van der Waals surface area contributed by atoms with Crippen LogP contribution in [-0.2, 0) is 9.59 Å². The largest absolute Gasteiger partial charge is 0.504 e. The van der Waals surface area contributed by atoms with Gasteiger partial charge in [-0.05, 0) is 42.3 Å². The fourth-order valence-electron chi connectivity index (χ4n) is 2.70. The molecule has 0 saturated carbocycles. The molecule has 0 spiro atoms. The van der Waals surface area contributed by atoms with Crippen LogP contribution in [0, 0.1) is 11.8 Å². The number of methoxy groups -OCH3 is 2. The average Bonchev–Trinajstić information content (AvgIpc) is 2.70. The number of carbonyl (C=O) groups excluding carboxylic acids is 2. The first-order valence-corrected chi connectivity index (χ1v) is 9.90. The van der Waals surface area contributed by atoms with Gasteiger partial charge in [-0.15, -0.1) is 0 Å². The number of halogens is 1. The lowest BCUT2D eigenvalue weighted by Crippen LogP contribution is -2.39. The summed E-state index contributed by atoms with van der Waals surface area (Å²) in [4.78, 5) is 25.2. The van der Waals surface area contributed by atoms with E-state index in [4.69, 9.17) is 9.47 Å². The summed E-state index contributed by atoms with van der Waals surface area (Å²) < 4.78 is 10.8. The second kappa shape index (κ2) is 10.6. The van der Waals surface area contributed by atoms with E-state index < -0.39 is 17.7 Å². The molecule has 3 N–H and O–H groups in total. The van der Waals surface area contributed by atoms with Crippen LogP contribution in [0.4, 0.5) is 5.69 Å². The number of ether oxygens (including phenoxy) is 2. The summed E-state index contributed by atoms with van der Waals surface area (Å²) in [5, 5.41) is 16.7. The zero-order valence-electron chi connectivity index (χ0n) is 17.1. The van der Waals surface area contributed by atoms with Crippen LogP contribution < -0.4 is 20.2 Å². The maximum absolute atomic E-state index is 12.6. The molecule has 0 radical (unpaired) electrons. The Kier molecular flexibility index (Phi) is 8.23. The highest BCUT2D eigenvalue weighted by molar-refractivity contribution is 9.10. The molecule has 0 fully saturated rings. The van der Waals surface area contributed by atoms with Gasteiger partial charge < -0.3 is 19.9 Å². The molecule has 0 aliphatic rings. The number of anilines is 1. The fraction of sp³-hybridized carbons (Fsp3) is 0.286. The van der Waals surface area contributed by atoms with E-state index in [0.717, 1.165) is 0 Å². The quantitative estimate of drug-likeness (QED) is 0.306. The Hall–Kier alpha value is -3.07. The van der Waals surface area contributed by atoms with Gasteiger partial charge in [-0.2, -0.15) is 5.10 Å². The van der Waals surface area contributed by atoms with Crippen molar-refractivity contribution in [2.24, 2.45) is 16.9 Å². The van der Waals surface area contributed by atoms with Crippen molar-refractivity contribution in [1.29, 1.82) is 0 Å². The SMILES string of the molecule is COc1ccc(NC(=O)C(C(=O)N/N=C/c2cc(Br)cc(OC)c2O)C(C)C)cc1. The first kappa shape index (κ1) is 23.2. The molecular formula is C21H24BrN3O5. The molecule has 0 saturated heterocycles. The number of hydrogen-bond donors (Lipinski definition) is 3. The highest BCUT2D eigenvalue weighted by Crippen LogP contribution is 2.32. The van der Waals surface area contributed by atoms with Gasteiger partial charge in [0.2, 0.25) is 5.91 Å². The molecule has 2 rings (SSSR count). The Morgan fingerprint density at radius 3 is 2.33 bits per heavy atom. The number of amides is 2. The number of carbonyl (C=O) groups is 2. The van der Waals surface area contributed by atoms with Crippen molar-refractivity contribution in [3.05, 3.63) is 46.4 Å². The van der Waals surface area contributed by atoms with Gasteiger partial charge in [0.15, 0.2) is 11.5 Å². The third-order valence-electron chi connectivity index (χ3n) is 4.26. The summed E-state index contributed by atoms with van der Waals surface area (Å²) in [5.74, 6) is -1.43. The number of nitrogens with zero attached hydrogens (tertiary/aromatic N) is 1. The van der Waals surface area contributed by atoms with Gasteiger partial charge >= 0.3 is 0 Å². The minimum absolute atomic E-state index is 0.114. The maximum atomic E-state index is 12.6. The van der Waals surface area contributed by atoms with Gasteiger partial charge in [0.25, 0.3) is 5.91 Å². The number of nitrogens with one attached hydrogen (secondary N) is 2. The van der Waals surface area contributed by atoms with Gasteiger partial charge in [-0.3, -0.25) is 9.59 Å². The Bertz CT molecular complexity index is 929. The molecule has 8 nitrogen and oxygen atoms in total. The van der Waals surface area contributed by atoms with E-state index >= 15 is 0 Å². The van der Waals surface area contributed by atoms with Gasteiger partial charge in [0.05, 0.1) is 20.4 Å². The monoisotopic (exact) mass is 477 g/mol. The zero-order chi connectivity index (χ0) is 22.3. The van der Waals surface area contributed by atoms with E-state index in [9.17, 15) is 14.7 Å². The van der Waals surface area contributed by atoms with Crippen molar-refractivity contribution in [2.45, 2.75) is 13.8 Å². The lowest BCUT2D eigenvalue weighted by molar-refractivity contribution is -0.134.